The molecule has 9 rings (SSSR count). The summed E-state index contributed by atoms with van der Waals surface area (Å²) in [5.41, 5.74) is 12.4. The van der Waals surface area contributed by atoms with Crippen LogP contribution in [0.1, 0.15) is 5.56 Å². The molecule has 0 aliphatic rings. The highest BCUT2D eigenvalue weighted by atomic mass is 16.3. The standard InChI is InChI=1S/C43H25NO2/c44-26-30-9-1-2-12-34(30)29-11-7-10-27(21-29)31-22-32(28-19-20-38-36-13-3-5-17-40(36)45-42(38)25-28)24-33(23-31)35-15-8-16-39-37-14-4-6-18-41(37)46-43(35)39/h1-25H. The zero-order chi connectivity index (χ0) is 30.6. The number of fused-ring (bicyclic) bond motifs is 6. The van der Waals surface area contributed by atoms with Gasteiger partial charge in [-0.05, 0) is 93.5 Å². The minimum atomic E-state index is 0.657. The lowest BCUT2D eigenvalue weighted by atomic mass is 9.91. The third kappa shape index (κ3) is 4.20. The maximum atomic E-state index is 9.78. The lowest BCUT2D eigenvalue weighted by Gasteiger charge is -2.13. The van der Waals surface area contributed by atoms with Crippen LogP contribution < -0.4 is 0 Å². The number of nitriles is 1. The van der Waals surface area contributed by atoms with E-state index < -0.39 is 0 Å². The zero-order valence-corrected chi connectivity index (χ0v) is 24.7. The van der Waals surface area contributed by atoms with E-state index in [1.54, 1.807) is 0 Å². The third-order valence-electron chi connectivity index (χ3n) is 8.91. The Morgan fingerprint density at radius 1 is 0.370 bits per heavy atom. The van der Waals surface area contributed by atoms with Crippen LogP contribution in [0, 0.1) is 11.3 Å². The molecule has 0 fully saturated rings. The summed E-state index contributed by atoms with van der Waals surface area (Å²) in [6, 6.07) is 54.4. The van der Waals surface area contributed by atoms with Gasteiger partial charge < -0.3 is 8.83 Å². The van der Waals surface area contributed by atoms with Gasteiger partial charge in [0.25, 0.3) is 0 Å². The Hall–Kier alpha value is -6.37. The molecule has 0 saturated carbocycles. The van der Waals surface area contributed by atoms with E-state index in [1.807, 2.05) is 60.7 Å². The monoisotopic (exact) mass is 587 g/mol. The van der Waals surface area contributed by atoms with Crippen molar-refractivity contribution in [2.45, 2.75) is 0 Å². The molecule has 0 spiro atoms. The van der Waals surface area contributed by atoms with Crippen molar-refractivity contribution in [3.05, 3.63) is 157 Å². The maximum Gasteiger partial charge on any atom is 0.143 e. The van der Waals surface area contributed by atoms with Crippen LogP contribution in [-0.2, 0) is 0 Å². The Labute approximate surface area is 265 Å². The van der Waals surface area contributed by atoms with E-state index in [2.05, 4.69) is 97.1 Å². The molecule has 3 nitrogen and oxygen atoms in total. The van der Waals surface area contributed by atoms with Gasteiger partial charge >= 0.3 is 0 Å². The van der Waals surface area contributed by atoms with E-state index in [4.69, 9.17) is 8.83 Å². The highest BCUT2D eigenvalue weighted by molar-refractivity contribution is 6.10. The first-order valence-electron chi connectivity index (χ1n) is 15.3. The first-order valence-corrected chi connectivity index (χ1v) is 15.3. The Bertz CT molecular complexity index is 2670. The summed E-state index contributed by atoms with van der Waals surface area (Å²) in [5, 5.41) is 14.2. The van der Waals surface area contributed by atoms with Crippen molar-refractivity contribution in [2.75, 3.05) is 0 Å². The molecule has 0 unspecified atom stereocenters. The molecular formula is C43H25NO2. The van der Waals surface area contributed by atoms with Gasteiger partial charge in [0.05, 0.1) is 11.6 Å². The van der Waals surface area contributed by atoms with E-state index in [1.165, 1.54) is 0 Å². The number of benzene rings is 7. The lowest BCUT2D eigenvalue weighted by Crippen LogP contribution is -1.88. The second-order valence-electron chi connectivity index (χ2n) is 11.6. The molecule has 2 heterocycles. The predicted octanol–water partition coefficient (Wildman–Crippen LogP) is 12.0. The lowest BCUT2D eigenvalue weighted by molar-refractivity contribution is 0.669. The number of rotatable bonds is 4. The van der Waals surface area contributed by atoms with Gasteiger partial charge in [-0.2, -0.15) is 5.26 Å². The molecule has 9 aromatic rings. The molecule has 46 heavy (non-hydrogen) atoms. The average molecular weight is 588 g/mol. The van der Waals surface area contributed by atoms with Crippen molar-refractivity contribution in [3.8, 4) is 50.6 Å². The van der Waals surface area contributed by atoms with Crippen LogP contribution in [0.2, 0.25) is 0 Å². The average Bonchev–Trinajstić information content (AvgIpc) is 3.69. The molecule has 0 radical (unpaired) electrons. The van der Waals surface area contributed by atoms with Gasteiger partial charge in [0.15, 0.2) is 0 Å². The fourth-order valence-electron chi connectivity index (χ4n) is 6.70. The molecule has 0 atom stereocenters. The molecule has 7 aromatic carbocycles. The Morgan fingerprint density at radius 3 is 1.76 bits per heavy atom. The SMILES string of the molecule is N#Cc1ccccc1-c1cccc(-c2cc(-c3ccc4c(c3)oc3ccccc34)cc(-c3cccc4c3oc3ccccc34)c2)c1. The zero-order valence-electron chi connectivity index (χ0n) is 24.7. The van der Waals surface area contributed by atoms with Gasteiger partial charge in [0.2, 0.25) is 0 Å². The highest BCUT2D eigenvalue weighted by Gasteiger charge is 2.16. The van der Waals surface area contributed by atoms with Gasteiger partial charge in [0, 0.05) is 27.1 Å². The molecular weight excluding hydrogens is 562 g/mol. The van der Waals surface area contributed by atoms with Crippen molar-refractivity contribution in [2.24, 2.45) is 0 Å². The van der Waals surface area contributed by atoms with Crippen LogP contribution in [0.15, 0.2) is 160 Å². The molecule has 0 saturated heterocycles. The van der Waals surface area contributed by atoms with Crippen LogP contribution >= 0.6 is 0 Å². The fourth-order valence-corrected chi connectivity index (χ4v) is 6.70. The minimum absolute atomic E-state index is 0.657. The Balaban J connectivity index is 1.27. The molecule has 214 valence electrons. The van der Waals surface area contributed by atoms with E-state index in [0.717, 1.165) is 88.4 Å². The topological polar surface area (TPSA) is 50.1 Å². The number of furan rings is 2. The van der Waals surface area contributed by atoms with Crippen LogP contribution in [0.4, 0.5) is 0 Å². The highest BCUT2D eigenvalue weighted by Crippen LogP contribution is 2.41. The summed E-state index contributed by atoms with van der Waals surface area (Å²) in [6.45, 7) is 0. The number of para-hydroxylation sites is 3. The van der Waals surface area contributed by atoms with E-state index in [-0.39, 0.29) is 0 Å². The molecule has 0 bridgehead atoms. The number of hydrogen-bond acceptors (Lipinski definition) is 3. The third-order valence-corrected chi connectivity index (χ3v) is 8.91. The van der Waals surface area contributed by atoms with Gasteiger partial charge in [-0.15, -0.1) is 0 Å². The molecule has 2 aromatic heterocycles. The quantitative estimate of drug-likeness (QED) is 0.206. The van der Waals surface area contributed by atoms with Gasteiger partial charge in [-0.25, -0.2) is 0 Å². The van der Waals surface area contributed by atoms with E-state index >= 15 is 0 Å². The first kappa shape index (κ1) is 26.1. The van der Waals surface area contributed by atoms with Gasteiger partial charge in [-0.3, -0.25) is 0 Å². The number of nitrogens with zero attached hydrogens (tertiary/aromatic N) is 1. The van der Waals surface area contributed by atoms with Gasteiger partial charge in [-0.1, -0.05) is 97.1 Å². The molecule has 0 N–H and O–H groups in total. The van der Waals surface area contributed by atoms with E-state index in [0.29, 0.717) is 5.56 Å². The summed E-state index contributed by atoms with van der Waals surface area (Å²) < 4.78 is 12.8. The molecule has 0 aliphatic heterocycles. The summed E-state index contributed by atoms with van der Waals surface area (Å²) in [6.07, 6.45) is 0. The summed E-state index contributed by atoms with van der Waals surface area (Å²) in [7, 11) is 0. The van der Waals surface area contributed by atoms with Crippen LogP contribution in [0.3, 0.4) is 0 Å². The summed E-state index contributed by atoms with van der Waals surface area (Å²) in [5.74, 6) is 0. The Kier molecular flexibility index (Phi) is 5.88. The van der Waals surface area contributed by atoms with Crippen LogP contribution in [0.25, 0.3) is 88.4 Å². The van der Waals surface area contributed by atoms with Gasteiger partial charge in [0.1, 0.15) is 22.3 Å². The molecule has 0 amide bonds. The first-order chi connectivity index (χ1) is 22.7. The normalized spacial score (nSPS) is 11.5. The second-order valence-corrected chi connectivity index (χ2v) is 11.6. The second kappa shape index (κ2) is 10.4. The van der Waals surface area contributed by atoms with Crippen LogP contribution in [0.5, 0.6) is 0 Å². The van der Waals surface area contributed by atoms with Crippen molar-refractivity contribution >= 4 is 43.9 Å². The summed E-state index contributed by atoms with van der Waals surface area (Å²) >= 11 is 0. The Morgan fingerprint density at radius 2 is 0.935 bits per heavy atom. The molecule has 3 heteroatoms. The van der Waals surface area contributed by atoms with Crippen molar-refractivity contribution in [3.63, 3.8) is 0 Å². The smallest absolute Gasteiger partial charge is 0.143 e. The number of hydrogen-bond donors (Lipinski definition) is 0. The molecule has 0 aliphatic carbocycles. The van der Waals surface area contributed by atoms with Crippen LogP contribution in [-0.4, -0.2) is 0 Å². The fraction of sp³-hybridized carbons (Fsp3) is 0. The van der Waals surface area contributed by atoms with Crippen molar-refractivity contribution in [1.29, 1.82) is 5.26 Å². The minimum Gasteiger partial charge on any atom is -0.456 e. The van der Waals surface area contributed by atoms with E-state index in [9.17, 15) is 5.26 Å². The maximum absolute atomic E-state index is 9.78. The van der Waals surface area contributed by atoms with Crippen molar-refractivity contribution in [1.82, 2.24) is 0 Å². The van der Waals surface area contributed by atoms with Crippen molar-refractivity contribution < 1.29 is 8.83 Å². The predicted molar refractivity (Wildman–Crippen MR) is 187 cm³/mol. The largest absolute Gasteiger partial charge is 0.456 e. The summed E-state index contributed by atoms with van der Waals surface area (Å²) in [4.78, 5) is 0.